The SMILES string of the molecule is CC(C)(C)c1ccc2c(n1)-c1nc(C(C)(C)C)ccc1OC(=O)c1ccc3ccccc3c1-c1c(ccc3ccccc13)C(=O)O2. The van der Waals surface area contributed by atoms with E-state index < -0.39 is 11.9 Å². The van der Waals surface area contributed by atoms with Crippen molar-refractivity contribution in [1.29, 1.82) is 0 Å². The Morgan fingerprint density at radius 1 is 0.478 bits per heavy atom. The highest BCUT2D eigenvalue weighted by molar-refractivity contribution is 6.18. The molecular weight excluding hydrogens is 572 g/mol. The van der Waals surface area contributed by atoms with Crippen LogP contribution in [0.5, 0.6) is 11.5 Å². The average molecular weight is 607 g/mol. The number of pyridine rings is 2. The number of nitrogens with zero attached hydrogens (tertiary/aromatic N) is 2. The van der Waals surface area contributed by atoms with E-state index in [9.17, 15) is 9.59 Å². The number of esters is 2. The maximum Gasteiger partial charge on any atom is 0.344 e. The topological polar surface area (TPSA) is 78.4 Å². The summed E-state index contributed by atoms with van der Waals surface area (Å²) >= 11 is 0. The van der Waals surface area contributed by atoms with Crippen LogP contribution in [-0.2, 0) is 10.8 Å². The van der Waals surface area contributed by atoms with Crippen LogP contribution >= 0.6 is 0 Å². The maximum atomic E-state index is 14.4. The molecule has 0 spiro atoms. The molecule has 3 heterocycles. The lowest BCUT2D eigenvalue weighted by molar-refractivity contribution is 0.0720. The highest BCUT2D eigenvalue weighted by Gasteiger charge is 2.30. The summed E-state index contributed by atoms with van der Waals surface area (Å²) < 4.78 is 12.5. The number of aromatic nitrogens is 2. The predicted molar refractivity (Wildman–Crippen MR) is 182 cm³/mol. The lowest BCUT2D eigenvalue weighted by Crippen LogP contribution is -2.19. The van der Waals surface area contributed by atoms with E-state index >= 15 is 0 Å². The zero-order valence-electron chi connectivity index (χ0n) is 26.8. The number of benzene rings is 4. The van der Waals surface area contributed by atoms with Crippen molar-refractivity contribution in [3.63, 3.8) is 0 Å². The molecule has 7 rings (SSSR count). The zero-order chi connectivity index (χ0) is 32.4. The molecule has 0 unspecified atom stereocenters. The summed E-state index contributed by atoms with van der Waals surface area (Å²) in [7, 11) is 0. The molecule has 0 saturated carbocycles. The third-order valence-corrected chi connectivity index (χ3v) is 8.43. The smallest absolute Gasteiger partial charge is 0.344 e. The van der Waals surface area contributed by atoms with Crippen LogP contribution in [0.15, 0.2) is 97.1 Å². The zero-order valence-corrected chi connectivity index (χ0v) is 26.8. The van der Waals surface area contributed by atoms with E-state index in [1.807, 2.05) is 72.8 Å². The maximum absolute atomic E-state index is 14.4. The Morgan fingerprint density at radius 3 is 1.26 bits per heavy atom. The Morgan fingerprint density at radius 2 is 0.870 bits per heavy atom. The van der Waals surface area contributed by atoms with Crippen LogP contribution in [0, 0.1) is 0 Å². The molecule has 1 aliphatic rings. The van der Waals surface area contributed by atoms with E-state index in [0.717, 1.165) is 32.9 Å². The fourth-order valence-corrected chi connectivity index (χ4v) is 5.96. The quantitative estimate of drug-likeness (QED) is 0.160. The predicted octanol–water partition coefficient (Wildman–Crippen LogP) is 9.46. The van der Waals surface area contributed by atoms with Crippen molar-refractivity contribution < 1.29 is 19.1 Å². The van der Waals surface area contributed by atoms with Crippen LogP contribution in [0.1, 0.15) is 73.6 Å². The van der Waals surface area contributed by atoms with Crippen LogP contribution in [0.4, 0.5) is 0 Å². The molecule has 1 aliphatic heterocycles. The fraction of sp³-hybridized carbons (Fsp3) is 0.200. The Labute approximate surface area is 268 Å². The van der Waals surface area contributed by atoms with Crippen molar-refractivity contribution in [3.8, 4) is 34.0 Å². The minimum Gasteiger partial charge on any atom is -0.421 e. The number of carbonyl (C=O) groups is 2. The normalized spacial score (nSPS) is 13.4. The van der Waals surface area contributed by atoms with Gasteiger partial charge in [-0.2, -0.15) is 0 Å². The van der Waals surface area contributed by atoms with Gasteiger partial charge in [-0.15, -0.1) is 0 Å². The first kappa shape index (κ1) is 29.4. The van der Waals surface area contributed by atoms with Crippen LogP contribution in [0.2, 0.25) is 0 Å². The highest BCUT2D eigenvalue weighted by atomic mass is 16.5. The fourth-order valence-electron chi connectivity index (χ4n) is 5.96. The van der Waals surface area contributed by atoms with Gasteiger partial charge < -0.3 is 9.47 Å². The Balaban J connectivity index is 1.59. The van der Waals surface area contributed by atoms with Crippen LogP contribution in [-0.4, -0.2) is 21.9 Å². The first-order chi connectivity index (χ1) is 21.9. The third kappa shape index (κ3) is 5.00. The molecule has 6 aromatic rings. The monoisotopic (exact) mass is 606 g/mol. The minimum atomic E-state index is -0.561. The molecule has 228 valence electrons. The summed E-state index contributed by atoms with van der Waals surface area (Å²) in [4.78, 5) is 38.8. The lowest BCUT2D eigenvalue weighted by Gasteiger charge is -2.24. The van der Waals surface area contributed by atoms with Gasteiger partial charge in [0.1, 0.15) is 11.4 Å². The molecule has 6 heteroatoms. The van der Waals surface area contributed by atoms with E-state index in [1.165, 1.54) is 0 Å². The Kier molecular flexibility index (Phi) is 6.78. The van der Waals surface area contributed by atoms with Gasteiger partial charge in [0.05, 0.1) is 11.1 Å². The van der Waals surface area contributed by atoms with Crippen molar-refractivity contribution in [2.75, 3.05) is 0 Å². The number of hydrogen-bond donors (Lipinski definition) is 0. The molecule has 0 radical (unpaired) electrons. The first-order valence-electron chi connectivity index (χ1n) is 15.4. The highest BCUT2D eigenvalue weighted by Crippen LogP contribution is 2.43. The number of carbonyl (C=O) groups excluding carboxylic acids is 2. The Hall–Kier alpha value is -5.36. The number of ether oxygens (including phenoxy) is 2. The summed E-state index contributed by atoms with van der Waals surface area (Å²) in [6.07, 6.45) is 0. The van der Waals surface area contributed by atoms with Gasteiger partial charge in [-0.3, -0.25) is 0 Å². The van der Waals surface area contributed by atoms with Gasteiger partial charge in [0, 0.05) is 33.3 Å². The van der Waals surface area contributed by atoms with Gasteiger partial charge in [0.2, 0.25) is 0 Å². The van der Waals surface area contributed by atoms with Gasteiger partial charge in [-0.05, 0) is 57.9 Å². The van der Waals surface area contributed by atoms with E-state index in [4.69, 9.17) is 19.4 Å². The van der Waals surface area contributed by atoms with E-state index in [0.29, 0.717) is 33.6 Å². The second-order valence-electron chi connectivity index (χ2n) is 13.8. The lowest BCUT2D eigenvalue weighted by atomic mass is 9.87. The molecule has 0 saturated heterocycles. The molecule has 46 heavy (non-hydrogen) atoms. The van der Waals surface area contributed by atoms with Crippen molar-refractivity contribution in [2.45, 2.75) is 52.4 Å². The van der Waals surface area contributed by atoms with Crippen LogP contribution in [0.25, 0.3) is 44.1 Å². The second-order valence-corrected chi connectivity index (χ2v) is 13.8. The van der Waals surface area contributed by atoms with Gasteiger partial charge in [0.15, 0.2) is 11.5 Å². The molecule has 4 aromatic carbocycles. The summed E-state index contributed by atoms with van der Waals surface area (Å²) in [5.41, 5.74) is 3.45. The number of rotatable bonds is 0. The summed E-state index contributed by atoms with van der Waals surface area (Å²) in [6.45, 7) is 12.4. The van der Waals surface area contributed by atoms with Crippen molar-refractivity contribution in [2.24, 2.45) is 0 Å². The van der Waals surface area contributed by atoms with Crippen LogP contribution < -0.4 is 9.47 Å². The molecule has 0 fully saturated rings. The first-order valence-corrected chi connectivity index (χ1v) is 15.4. The number of fused-ring (bicyclic) bond motifs is 10. The molecule has 0 aliphatic carbocycles. The largest absolute Gasteiger partial charge is 0.421 e. The van der Waals surface area contributed by atoms with Gasteiger partial charge >= 0.3 is 11.9 Å². The van der Waals surface area contributed by atoms with Crippen molar-refractivity contribution >= 4 is 33.5 Å². The second kappa shape index (κ2) is 10.6. The Bertz CT molecular complexity index is 2060. The van der Waals surface area contributed by atoms with Gasteiger partial charge in [0.25, 0.3) is 0 Å². The van der Waals surface area contributed by atoms with Gasteiger partial charge in [-0.1, -0.05) is 102 Å². The average Bonchev–Trinajstić information content (AvgIpc) is 3.02. The van der Waals surface area contributed by atoms with E-state index in [1.54, 1.807) is 24.3 Å². The molecule has 6 nitrogen and oxygen atoms in total. The standard InChI is InChI=1S/C40H34N2O4/c1-39(2,3)31-21-19-29-35(41-31)36-30(20-22-32(42-36)40(4,5)6)46-38(44)28-18-16-24-12-8-10-14-26(24)34(28)33-25-13-9-7-11-23(25)15-17-27(33)37(43)45-29/h7-22H,1-6H3. The summed E-state index contributed by atoms with van der Waals surface area (Å²) in [5.74, 6) is -0.666. The van der Waals surface area contributed by atoms with Crippen molar-refractivity contribution in [1.82, 2.24) is 9.97 Å². The number of hydrogen-bond acceptors (Lipinski definition) is 6. The van der Waals surface area contributed by atoms with E-state index in [2.05, 4.69) is 41.5 Å². The molecule has 0 atom stereocenters. The minimum absolute atomic E-state index is 0.228. The molecule has 0 N–H and O–H groups in total. The summed E-state index contributed by atoms with van der Waals surface area (Å²) in [6, 6.07) is 30.2. The van der Waals surface area contributed by atoms with Gasteiger partial charge in [-0.25, -0.2) is 19.6 Å². The molecular formula is C40H34N2O4. The summed E-state index contributed by atoms with van der Waals surface area (Å²) in [5, 5.41) is 3.49. The van der Waals surface area contributed by atoms with Crippen LogP contribution in [0.3, 0.4) is 0 Å². The van der Waals surface area contributed by atoms with Crippen molar-refractivity contribution in [3.05, 3.63) is 120 Å². The third-order valence-electron chi connectivity index (χ3n) is 8.43. The van der Waals surface area contributed by atoms with E-state index in [-0.39, 0.29) is 22.3 Å². The molecule has 0 bridgehead atoms. The molecule has 0 amide bonds. The molecule has 2 aromatic heterocycles.